The Morgan fingerprint density at radius 3 is 3.00 bits per heavy atom. The molecule has 0 fully saturated rings. The van der Waals surface area contributed by atoms with Gasteiger partial charge in [0.05, 0.1) is 7.11 Å². The number of rotatable bonds is 2. The number of aromatic hydroxyl groups is 1. The summed E-state index contributed by atoms with van der Waals surface area (Å²) in [5.41, 5.74) is 1.89. The van der Waals surface area contributed by atoms with E-state index in [0.29, 0.717) is 25.3 Å². The molecule has 0 saturated heterocycles. The molecule has 15 heavy (non-hydrogen) atoms. The summed E-state index contributed by atoms with van der Waals surface area (Å²) in [6.45, 7) is 1.22. The van der Waals surface area contributed by atoms with Gasteiger partial charge in [0.2, 0.25) is 6.41 Å². The average Bonchev–Trinajstić information content (AvgIpc) is 2.29. The van der Waals surface area contributed by atoms with Crippen molar-refractivity contribution in [3.8, 4) is 11.5 Å². The van der Waals surface area contributed by atoms with Gasteiger partial charge in [0.1, 0.15) is 0 Å². The molecule has 1 heterocycles. The predicted molar refractivity (Wildman–Crippen MR) is 54.8 cm³/mol. The molecule has 0 bridgehead atoms. The normalized spacial score (nSPS) is 14.6. The summed E-state index contributed by atoms with van der Waals surface area (Å²) in [5.74, 6) is 0.703. The van der Waals surface area contributed by atoms with E-state index in [1.165, 1.54) is 7.11 Å². The Kier molecular flexibility index (Phi) is 2.49. The molecule has 0 radical (unpaired) electrons. The maximum Gasteiger partial charge on any atom is 0.210 e. The van der Waals surface area contributed by atoms with Gasteiger partial charge in [-0.1, -0.05) is 6.07 Å². The van der Waals surface area contributed by atoms with Crippen LogP contribution in [-0.4, -0.2) is 30.1 Å². The van der Waals surface area contributed by atoms with Gasteiger partial charge in [-0.15, -0.1) is 0 Å². The van der Waals surface area contributed by atoms with Gasteiger partial charge >= 0.3 is 0 Å². The first-order chi connectivity index (χ1) is 7.26. The van der Waals surface area contributed by atoms with Crippen molar-refractivity contribution in [2.24, 2.45) is 0 Å². The monoisotopic (exact) mass is 207 g/mol. The van der Waals surface area contributed by atoms with E-state index in [1.807, 2.05) is 6.07 Å². The Labute approximate surface area is 88.1 Å². The van der Waals surface area contributed by atoms with Gasteiger partial charge < -0.3 is 14.7 Å². The third kappa shape index (κ3) is 1.63. The summed E-state index contributed by atoms with van der Waals surface area (Å²) in [5, 5.41) is 9.86. The van der Waals surface area contributed by atoms with Crippen molar-refractivity contribution in [3.05, 3.63) is 23.3 Å². The van der Waals surface area contributed by atoms with E-state index in [1.54, 1.807) is 11.0 Å². The van der Waals surface area contributed by atoms with Crippen LogP contribution in [0.2, 0.25) is 0 Å². The molecule has 0 spiro atoms. The van der Waals surface area contributed by atoms with Crippen molar-refractivity contribution in [1.29, 1.82) is 0 Å². The van der Waals surface area contributed by atoms with Crippen LogP contribution in [-0.2, 0) is 17.8 Å². The minimum Gasteiger partial charge on any atom is -0.504 e. The Balaban J connectivity index is 2.39. The van der Waals surface area contributed by atoms with Crippen molar-refractivity contribution in [2.45, 2.75) is 13.0 Å². The number of hydrogen-bond donors (Lipinski definition) is 1. The summed E-state index contributed by atoms with van der Waals surface area (Å²) in [7, 11) is 1.53. The molecule has 0 saturated carbocycles. The summed E-state index contributed by atoms with van der Waals surface area (Å²) in [6.07, 6.45) is 1.52. The minimum absolute atomic E-state index is 0.209. The second kappa shape index (κ2) is 3.81. The van der Waals surface area contributed by atoms with E-state index in [9.17, 15) is 9.90 Å². The van der Waals surface area contributed by atoms with Crippen LogP contribution in [0.5, 0.6) is 11.5 Å². The third-order valence-electron chi connectivity index (χ3n) is 2.73. The van der Waals surface area contributed by atoms with Crippen LogP contribution < -0.4 is 4.74 Å². The number of fused-ring (bicyclic) bond motifs is 1. The summed E-state index contributed by atoms with van der Waals surface area (Å²) < 4.78 is 5.03. The van der Waals surface area contributed by atoms with Crippen LogP contribution in [0.1, 0.15) is 11.1 Å². The van der Waals surface area contributed by atoms with E-state index in [2.05, 4.69) is 0 Å². The molecule has 1 aromatic carbocycles. The molecule has 1 amide bonds. The Hall–Kier alpha value is -1.71. The molecule has 0 unspecified atom stereocenters. The van der Waals surface area contributed by atoms with Gasteiger partial charge in [0, 0.05) is 18.7 Å². The van der Waals surface area contributed by atoms with Gasteiger partial charge in [0.15, 0.2) is 11.5 Å². The SMILES string of the molecule is COc1ccc2c(c1O)CCN(C=O)C2. The van der Waals surface area contributed by atoms with Gasteiger partial charge in [-0.25, -0.2) is 0 Å². The number of ether oxygens (including phenoxy) is 1. The Morgan fingerprint density at radius 2 is 2.33 bits per heavy atom. The third-order valence-corrected chi connectivity index (χ3v) is 2.73. The predicted octanol–water partition coefficient (Wildman–Crippen LogP) is 0.915. The lowest BCUT2D eigenvalue weighted by atomic mass is 9.98. The average molecular weight is 207 g/mol. The number of methoxy groups -OCH3 is 1. The van der Waals surface area contributed by atoms with Crippen molar-refractivity contribution >= 4 is 6.41 Å². The smallest absolute Gasteiger partial charge is 0.210 e. The topological polar surface area (TPSA) is 49.8 Å². The fraction of sp³-hybridized carbons (Fsp3) is 0.364. The molecule has 2 rings (SSSR count). The number of benzene rings is 1. The van der Waals surface area contributed by atoms with Crippen LogP contribution in [0.25, 0.3) is 0 Å². The van der Waals surface area contributed by atoms with Crippen molar-refractivity contribution in [3.63, 3.8) is 0 Å². The van der Waals surface area contributed by atoms with Crippen LogP contribution in [0.3, 0.4) is 0 Å². The van der Waals surface area contributed by atoms with E-state index >= 15 is 0 Å². The molecule has 4 heteroatoms. The quantitative estimate of drug-likeness (QED) is 0.733. The lowest BCUT2D eigenvalue weighted by Crippen LogP contribution is -2.29. The number of nitrogens with zero attached hydrogens (tertiary/aromatic N) is 1. The van der Waals surface area contributed by atoms with E-state index in [4.69, 9.17) is 4.74 Å². The summed E-state index contributed by atoms with van der Waals surface area (Å²) >= 11 is 0. The molecule has 0 aromatic heterocycles. The molecule has 80 valence electrons. The fourth-order valence-corrected chi connectivity index (χ4v) is 1.89. The van der Waals surface area contributed by atoms with Gasteiger partial charge in [-0.3, -0.25) is 4.79 Å². The van der Waals surface area contributed by atoms with Gasteiger partial charge in [-0.05, 0) is 18.1 Å². The molecule has 1 aromatic rings. The molecule has 1 N–H and O–H groups in total. The van der Waals surface area contributed by atoms with Gasteiger partial charge in [-0.2, -0.15) is 0 Å². The highest BCUT2D eigenvalue weighted by atomic mass is 16.5. The first kappa shape index (κ1) is 9.83. The minimum atomic E-state index is 0.209. The van der Waals surface area contributed by atoms with Crippen molar-refractivity contribution in [2.75, 3.05) is 13.7 Å². The zero-order valence-corrected chi connectivity index (χ0v) is 8.56. The maximum atomic E-state index is 10.6. The number of amides is 1. The molecule has 0 atom stereocenters. The Morgan fingerprint density at radius 1 is 1.53 bits per heavy atom. The molecule has 4 nitrogen and oxygen atoms in total. The zero-order valence-electron chi connectivity index (χ0n) is 8.56. The Bertz CT molecular complexity index is 390. The lowest BCUT2D eigenvalue weighted by molar-refractivity contribution is -0.118. The number of phenols is 1. The molecular formula is C11H13NO3. The summed E-state index contributed by atoms with van der Waals surface area (Å²) in [6, 6.07) is 3.62. The molecular weight excluding hydrogens is 194 g/mol. The first-order valence-corrected chi connectivity index (χ1v) is 4.83. The number of hydrogen-bond acceptors (Lipinski definition) is 3. The van der Waals surface area contributed by atoms with E-state index in [-0.39, 0.29) is 5.75 Å². The van der Waals surface area contributed by atoms with E-state index < -0.39 is 0 Å². The highest BCUT2D eigenvalue weighted by molar-refractivity contribution is 5.54. The fourth-order valence-electron chi connectivity index (χ4n) is 1.89. The zero-order chi connectivity index (χ0) is 10.8. The maximum absolute atomic E-state index is 10.6. The van der Waals surface area contributed by atoms with Crippen LogP contribution >= 0.6 is 0 Å². The standard InChI is InChI=1S/C11H13NO3/c1-15-10-3-2-8-6-12(7-13)5-4-9(8)11(10)14/h2-3,7,14H,4-6H2,1H3. The highest BCUT2D eigenvalue weighted by Crippen LogP contribution is 2.34. The largest absolute Gasteiger partial charge is 0.504 e. The van der Waals surface area contributed by atoms with Gasteiger partial charge in [0.25, 0.3) is 0 Å². The van der Waals surface area contributed by atoms with Crippen molar-refractivity contribution < 1.29 is 14.6 Å². The van der Waals surface area contributed by atoms with Crippen LogP contribution in [0, 0.1) is 0 Å². The second-order valence-electron chi connectivity index (χ2n) is 3.58. The first-order valence-electron chi connectivity index (χ1n) is 4.83. The molecule has 1 aliphatic heterocycles. The summed E-state index contributed by atoms with van der Waals surface area (Å²) in [4.78, 5) is 12.3. The van der Waals surface area contributed by atoms with Crippen LogP contribution in [0.4, 0.5) is 0 Å². The lowest BCUT2D eigenvalue weighted by Gasteiger charge is -2.26. The van der Waals surface area contributed by atoms with E-state index in [0.717, 1.165) is 17.5 Å². The number of carbonyl (C=O) groups excluding carboxylic acids is 1. The molecule has 0 aliphatic carbocycles. The molecule has 1 aliphatic rings. The van der Waals surface area contributed by atoms with Crippen molar-refractivity contribution in [1.82, 2.24) is 4.90 Å². The number of carbonyl (C=O) groups is 1. The van der Waals surface area contributed by atoms with Crippen LogP contribution in [0.15, 0.2) is 12.1 Å². The highest BCUT2D eigenvalue weighted by Gasteiger charge is 2.19. The number of phenolic OH excluding ortho intramolecular Hbond substituents is 1. The second-order valence-corrected chi connectivity index (χ2v) is 3.58.